The molecule has 1 rings (SSSR count). The van der Waals surface area contributed by atoms with E-state index in [-0.39, 0.29) is 18.4 Å². The van der Waals surface area contributed by atoms with Gasteiger partial charge in [-0.05, 0) is 37.1 Å². The van der Waals surface area contributed by atoms with Gasteiger partial charge in [-0.3, -0.25) is 9.59 Å². The summed E-state index contributed by atoms with van der Waals surface area (Å²) in [5, 5.41) is 0. The number of carbonyl (C=O) groups excluding carboxylic acids is 2. The number of halogens is 1. The number of carbonyl (C=O) groups is 2. The predicted octanol–water partition coefficient (Wildman–Crippen LogP) is 3.45. The third-order valence-corrected chi connectivity index (χ3v) is 3.68. The van der Waals surface area contributed by atoms with E-state index < -0.39 is 0 Å². The highest BCUT2D eigenvalue weighted by atomic mass is 79.9. The molecule has 0 aromatic heterocycles. The molecule has 116 valence electrons. The highest BCUT2D eigenvalue weighted by Crippen LogP contribution is 2.18. The van der Waals surface area contributed by atoms with Gasteiger partial charge in [0.25, 0.3) is 0 Å². The van der Waals surface area contributed by atoms with Crippen molar-refractivity contribution in [1.29, 1.82) is 0 Å². The molecule has 0 atom stereocenters. The van der Waals surface area contributed by atoms with Gasteiger partial charge in [0, 0.05) is 30.2 Å². The molecule has 0 N–H and O–H groups in total. The molecule has 21 heavy (non-hydrogen) atoms. The minimum atomic E-state index is -0.126. The van der Waals surface area contributed by atoms with Gasteiger partial charge in [-0.2, -0.15) is 0 Å². The van der Waals surface area contributed by atoms with Crippen molar-refractivity contribution in [3.63, 3.8) is 0 Å². The Bertz CT molecular complexity index is 468. The fourth-order valence-electron chi connectivity index (χ4n) is 2.14. The molecule has 0 fully saturated rings. The Morgan fingerprint density at radius 2 is 1.57 bits per heavy atom. The molecule has 0 aliphatic carbocycles. The minimum Gasteiger partial charge on any atom is -0.341 e. The number of nitrogens with zero attached hydrogens (tertiary/aromatic N) is 2. The van der Waals surface area contributed by atoms with Crippen LogP contribution < -0.4 is 4.90 Å². The third kappa shape index (κ3) is 5.50. The lowest BCUT2D eigenvalue weighted by atomic mass is 10.2. The van der Waals surface area contributed by atoms with Crippen LogP contribution in [-0.2, 0) is 9.59 Å². The third-order valence-electron chi connectivity index (χ3n) is 3.15. The lowest BCUT2D eigenvalue weighted by molar-refractivity contribution is -0.131. The second kappa shape index (κ2) is 8.82. The molecule has 5 heteroatoms. The van der Waals surface area contributed by atoms with Crippen LogP contribution in [0.1, 0.15) is 33.6 Å². The molecule has 0 aliphatic rings. The van der Waals surface area contributed by atoms with Gasteiger partial charge >= 0.3 is 0 Å². The van der Waals surface area contributed by atoms with E-state index in [1.54, 1.807) is 0 Å². The van der Waals surface area contributed by atoms with Crippen molar-refractivity contribution in [2.75, 3.05) is 24.5 Å². The van der Waals surface area contributed by atoms with Crippen LogP contribution in [0.4, 0.5) is 5.69 Å². The highest BCUT2D eigenvalue weighted by Gasteiger charge is 2.19. The van der Waals surface area contributed by atoms with Gasteiger partial charge in [0.05, 0.1) is 0 Å². The summed E-state index contributed by atoms with van der Waals surface area (Å²) in [5.41, 5.74) is 0.743. The molecule has 0 spiro atoms. The Balaban J connectivity index is 2.84. The van der Waals surface area contributed by atoms with Crippen molar-refractivity contribution in [3.8, 4) is 0 Å². The summed E-state index contributed by atoms with van der Waals surface area (Å²) >= 11 is 3.37. The van der Waals surface area contributed by atoms with Crippen LogP contribution in [0.25, 0.3) is 0 Å². The molecular formula is C16H23BrN2O2. The SMILES string of the molecule is CCCN(CCC)C(=O)CN(C(C)=O)c1ccc(Br)cc1. The second-order valence-corrected chi connectivity index (χ2v) is 5.88. The van der Waals surface area contributed by atoms with E-state index in [9.17, 15) is 9.59 Å². The molecule has 4 nitrogen and oxygen atoms in total. The minimum absolute atomic E-state index is 0.00295. The molecule has 0 unspecified atom stereocenters. The van der Waals surface area contributed by atoms with Crippen LogP contribution in [0.15, 0.2) is 28.7 Å². The van der Waals surface area contributed by atoms with E-state index in [1.165, 1.54) is 11.8 Å². The summed E-state index contributed by atoms with van der Waals surface area (Å²) in [5.74, 6) is -0.129. The number of hydrogen-bond acceptors (Lipinski definition) is 2. The van der Waals surface area contributed by atoms with Gasteiger partial charge in [-0.25, -0.2) is 0 Å². The molecule has 1 aromatic carbocycles. The lowest BCUT2D eigenvalue weighted by Crippen LogP contribution is -2.43. The van der Waals surface area contributed by atoms with Crippen LogP contribution in [0.5, 0.6) is 0 Å². The highest BCUT2D eigenvalue weighted by molar-refractivity contribution is 9.10. The first-order valence-corrected chi connectivity index (χ1v) is 8.10. The van der Waals surface area contributed by atoms with E-state index in [4.69, 9.17) is 0 Å². The van der Waals surface area contributed by atoms with Gasteiger partial charge in [-0.15, -0.1) is 0 Å². The van der Waals surface area contributed by atoms with Crippen LogP contribution in [0.2, 0.25) is 0 Å². The molecule has 0 bridgehead atoms. The van der Waals surface area contributed by atoms with Crippen LogP contribution in [0, 0.1) is 0 Å². The molecule has 0 radical (unpaired) electrons. The van der Waals surface area contributed by atoms with Crippen molar-refractivity contribution in [3.05, 3.63) is 28.7 Å². The Morgan fingerprint density at radius 3 is 2.00 bits per heavy atom. The summed E-state index contributed by atoms with van der Waals surface area (Å²) in [6.45, 7) is 7.15. The van der Waals surface area contributed by atoms with Gasteiger partial charge in [0.15, 0.2) is 0 Å². The molecule has 0 aliphatic heterocycles. The summed E-state index contributed by atoms with van der Waals surface area (Å²) in [7, 11) is 0. The van der Waals surface area contributed by atoms with Crippen molar-refractivity contribution in [1.82, 2.24) is 4.90 Å². The Hall–Kier alpha value is -1.36. The largest absolute Gasteiger partial charge is 0.341 e. The fraction of sp³-hybridized carbons (Fsp3) is 0.500. The average Bonchev–Trinajstić information content (AvgIpc) is 2.45. The lowest BCUT2D eigenvalue weighted by Gasteiger charge is -2.26. The molecule has 0 heterocycles. The monoisotopic (exact) mass is 354 g/mol. The Labute approximate surface area is 135 Å². The van der Waals surface area contributed by atoms with Crippen molar-refractivity contribution < 1.29 is 9.59 Å². The van der Waals surface area contributed by atoms with Crippen molar-refractivity contribution >= 4 is 33.4 Å². The van der Waals surface area contributed by atoms with Crippen molar-refractivity contribution in [2.45, 2.75) is 33.6 Å². The summed E-state index contributed by atoms with van der Waals surface area (Å²) in [4.78, 5) is 27.6. The standard InChI is InChI=1S/C16H23BrN2O2/c1-4-10-18(11-5-2)16(21)12-19(13(3)20)15-8-6-14(17)7-9-15/h6-9H,4-5,10-12H2,1-3H3. The first kappa shape index (κ1) is 17.7. The molecule has 0 saturated carbocycles. The second-order valence-electron chi connectivity index (χ2n) is 4.96. The Morgan fingerprint density at radius 1 is 1.05 bits per heavy atom. The van der Waals surface area contributed by atoms with Crippen molar-refractivity contribution in [2.24, 2.45) is 0 Å². The van der Waals surface area contributed by atoms with Gasteiger partial charge in [0.1, 0.15) is 6.54 Å². The first-order chi connectivity index (χ1) is 9.99. The molecular weight excluding hydrogens is 332 g/mol. The maximum Gasteiger partial charge on any atom is 0.242 e. The molecule has 2 amide bonds. The molecule has 1 aromatic rings. The zero-order chi connectivity index (χ0) is 15.8. The van der Waals surface area contributed by atoms with Gasteiger partial charge in [0.2, 0.25) is 11.8 Å². The van der Waals surface area contributed by atoms with Crippen LogP contribution in [0.3, 0.4) is 0 Å². The van der Waals surface area contributed by atoms with Gasteiger partial charge in [-0.1, -0.05) is 29.8 Å². The first-order valence-electron chi connectivity index (χ1n) is 7.31. The van der Waals surface area contributed by atoms with E-state index in [0.717, 1.165) is 36.1 Å². The number of rotatable bonds is 7. The normalized spacial score (nSPS) is 10.3. The maximum absolute atomic E-state index is 12.4. The van der Waals surface area contributed by atoms with Crippen LogP contribution in [-0.4, -0.2) is 36.3 Å². The quantitative estimate of drug-likeness (QED) is 0.752. The summed E-state index contributed by atoms with van der Waals surface area (Å²) in [6.07, 6.45) is 1.84. The number of amides is 2. The van der Waals surface area contributed by atoms with E-state index in [2.05, 4.69) is 15.9 Å². The van der Waals surface area contributed by atoms with Gasteiger partial charge < -0.3 is 9.80 Å². The number of hydrogen-bond donors (Lipinski definition) is 0. The van der Waals surface area contributed by atoms with E-state index in [1.807, 2.05) is 43.0 Å². The fourth-order valence-corrected chi connectivity index (χ4v) is 2.41. The topological polar surface area (TPSA) is 40.6 Å². The Kier molecular flexibility index (Phi) is 7.43. The summed E-state index contributed by atoms with van der Waals surface area (Å²) < 4.78 is 0.944. The average molecular weight is 355 g/mol. The summed E-state index contributed by atoms with van der Waals surface area (Å²) in [6, 6.07) is 7.41. The smallest absolute Gasteiger partial charge is 0.242 e. The van der Waals surface area contributed by atoms with E-state index in [0.29, 0.717) is 0 Å². The zero-order valence-electron chi connectivity index (χ0n) is 12.9. The number of benzene rings is 1. The van der Waals surface area contributed by atoms with Crippen LogP contribution >= 0.6 is 15.9 Å². The van der Waals surface area contributed by atoms with E-state index >= 15 is 0 Å². The number of anilines is 1. The zero-order valence-corrected chi connectivity index (χ0v) is 14.5. The maximum atomic E-state index is 12.4. The molecule has 0 saturated heterocycles. The predicted molar refractivity (Wildman–Crippen MR) is 89.3 cm³/mol.